The molecule has 0 aromatic rings. The van der Waals surface area contributed by atoms with E-state index in [9.17, 15) is 23.8 Å². The second kappa shape index (κ2) is 35.5. The van der Waals surface area contributed by atoms with E-state index in [4.69, 9.17) is 24.8 Å². The summed E-state index contributed by atoms with van der Waals surface area (Å²) in [5.41, 5.74) is 5.31. The van der Waals surface area contributed by atoms with E-state index in [1.165, 1.54) is 57.8 Å². The first-order valence-corrected chi connectivity index (χ1v) is 21.2. The molecule has 0 radical (unpaired) electrons. The molecule has 0 amide bonds. The molecule has 1 unspecified atom stereocenters. The molecule has 52 heavy (non-hydrogen) atoms. The summed E-state index contributed by atoms with van der Waals surface area (Å²) in [6.07, 6.45) is 37.6. The van der Waals surface area contributed by atoms with Crippen molar-refractivity contribution in [3.05, 3.63) is 48.6 Å². The van der Waals surface area contributed by atoms with E-state index >= 15 is 0 Å². The van der Waals surface area contributed by atoms with Crippen LogP contribution in [-0.2, 0) is 37.5 Å². The van der Waals surface area contributed by atoms with Gasteiger partial charge in [-0.1, -0.05) is 140 Å². The predicted molar refractivity (Wildman–Crippen MR) is 208 cm³/mol. The van der Waals surface area contributed by atoms with Crippen LogP contribution in [0.5, 0.6) is 0 Å². The molecule has 0 heterocycles. The maximum absolute atomic E-state index is 12.6. The fourth-order valence-electron chi connectivity index (χ4n) is 5.00. The molecule has 0 rings (SSSR count). The molecule has 0 aliphatic rings. The summed E-state index contributed by atoms with van der Waals surface area (Å²) < 4.78 is 32.5. The van der Waals surface area contributed by atoms with Gasteiger partial charge in [-0.3, -0.25) is 23.4 Å². The molecular formula is C40H70NO10P. The van der Waals surface area contributed by atoms with E-state index in [2.05, 4.69) is 67.0 Å². The molecule has 3 atom stereocenters. The summed E-state index contributed by atoms with van der Waals surface area (Å²) in [5, 5.41) is 8.86. The highest BCUT2D eigenvalue weighted by Crippen LogP contribution is 2.43. The van der Waals surface area contributed by atoms with Crippen molar-refractivity contribution in [1.29, 1.82) is 0 Å². The van der Waals surface area contributed by atoms with Gasteiger partial charge < -0.3 is 25.2 Å². The van der Waals surface area contributed by atoms with Gasteiger partial charge in [-0.05, 0) is 51.4 Å². The number of allylic oxidation sites excluding steroid dienone is 8. The van der Waals surface area contributed by atoms with Crippen molar-refractivity contribution in [2.24, 2.45) is 5.73 Å². The fraction of sp³-hybridized carbons (Fsp3) is 0.725. The maximum atomic E-state index is 12.6. The second-order valence-electron chi connectivity index (χ2n) is 13.0. The van der Waals surface area contributed by atoms with Gasteiger partial charge in [-0.25, -0.2) is 4.57 Å². The van der Waals surface area contributed by atoms with Gasteiger partial charge in [0.05, 0.1) is 13.2 Å². The average Bonchev–Trinajstić information content (AvgIpc) is 3.12. The van der Waals surface area contributed by atoms with Crippen molar-refractivity contribution in [3.63, 3.8) is 0 Å². The number of hydrogen-bond acceptors (Lipinski definition) is 9. The van der Waals surface area contributed by atoms with E-state index in [-0.39, 0.29) is 19.4 Å². The molecule has 0 bridgehead atoms. The first kappa shape index (κ1) is 49.4. The van der Waals surface area contributed by atoms with Crippen LogP contribution in [0.4, 0.5) is 0 Å². The highest BCUT2D eigenvalue weighted by Gasteiger charge is 2.28. The fourth-order valence-corrected chi connectivity index (χ4v) is 5.77. The van der Waals surface area contributed by atoms with Crippen LogP contribution in [0.1, 0.15) is 155 Å². The van der Waals surface area contributed by atoms with Gasteiger partial charge in [-0.15, -0.1) is 0 Å². The zero-order valence-electron chi connectivity index (χ0n) is 32.1. The Hall–Kier alpha value is -2.56. The van der Waals surface area contributed by atoms with Gasteiger partial charge in [-0.2, -0.15) is 0 Å². The van der Waals surface area contributed by atoms with Crippen LogP contribution in [0, 0.1) is 0 Å². The van der Waals surface area contributed by atoms with E-state index in [0.29, 0.717) is 12.8 Å². The van der Waals surface area contributed by atoms with Crippen LogP contribution in [0.25, 0.3) is 0 Å². The highest BCUT2D eigenvalue weighted by molar-refractivity contribution is 7.47. The lowest BCUT2D eigenvalue weighted by Gasteiger charge is -2.20. The zero-order chi connectivity index (χ0) is 38.5. The standard InChI is InChI=1S/C40H70NO10P/c1-3-5-7-9-11-13-15-17-18-20-22-24-26-28-30-32-39(43)51-36(34-49-52(46,47)50-35-37(41)40(44)45)33-48-38(42)31-29-27-25-23-21-19-16-14-12-10-8-6-4-2/h5,7,11,13,17-18,22,24,36-37H,3-4,6,8-10,12,14-16,19-21,23,25-35,41H2,1-2H3,(H,44,45)(H,46,47)/b7-5-,13-11-,18-17-,24-22-/t36-,37+/m1/s1. The molecule has 0 aliphatic heterocycles. The lowest BCUT2D eigenvalue weighted by atomic mass is 10.0. The monoisotopic (exact) mass is 755 g/mol. The molecule has 11 nitrogen and oxygen atoms in total. The molecule has 0 saturated carbocycles. The number of carbonyl (C=O) groups is 3. The van der Waals surface area contributed by atoms with Crippen molar-refractivity contribution in [1.82, 2.24) is 0 Å². The van der Waals surface area contributed by atoms with Crippen LogP contribution in [0.15, 0.2) is 48.6 Å². The number of unbranched alkanes of at least 4 members (excludes halogenated alkanes) is 14. The van der Waals surface area contributed by atoms with Crippen molar-refractivity contribution < 1.29 is 47.5 Å². The first-order chi connectivity index (χ1) is 25.1. The van der Waals surface area contributed by atoms with E-state index in [0.717, 1.165) is 57.8 Å². The smallest absolute Gasteiger partial charge is 0.472 e. The quantitative estimate of drug-likeness (QED) is 0.0241. The van der Waals surface area contributed by atoms with Gasteiger partial charge in [0, 0.05) is 12.8 Å². The Kier molecular flexibility index (Phi) is 33.7. The molecule has 0 spiro atoms. The van der Waals surface area contributed by atoms with Crippen LogP contribution < -0.4 is 5.73 Å². The lowest BCUT2D eigenvalue weighted by Crippen LogP contribution is -2.34. The lowest BCUT2D eigenvalue weighted by molar-refractivity contribution is -0.161. The van der Waals surface area contributed by atoms with Crippen LogP contribution >= 0.6 is 7.82 Å². The van der Waals surface area contributed by atoms with E-state index in [1.54, 1.807) is 0 Å². The third-order valence-corrected chi connectivity index (χ3v) is 9.04. The Morgan fingerprint density at radius 2 is 1.08 bits per heavy atom. The SMILES string of the molecule is CC/C=C\C/C=C\C/C=C\C/C=C\CCCCC(=O)O[C@H](COC(=O)CCCCCCCCCCCCCCC)COP(=O)(O)OC[C@H](N)C(=O)O. The number of carboxylic acids is 1. The highest BCUT2D eigenvalue weighted by atomic mass is 31.2. The molecule has 0 fully saturated rings. The number of carboxylic acid groups (broad SMARTS) is 1. The topological polar surface area (TPSA) is 172 Å². The Balaban J connectivity index is 4.50. The van der Waals surface area contributed by atoms with Gasteiger partial charge >= 0.3 is 25.7 Å². The summed E-state index contributed by atoms with van der Waals surface area (Å²) in [6.45, 7) is 2.62. The van der Waals surface area contributed by atoms with Gasteiger partial charge in [0.15, 0.2) is 6.10 Å². The number of ether oxygens (including phenoxy) is 2. The van der Waals surface area contributed by atoms with Crippen LogP contribution in [0.2, 0.25) is 0 Å². The minimum atomic E-state index is -4.72. The van der Waals surface area contributed by atoms with E-state index < -0.39 is 51.1 Å². The normalized spacial score (nSPS) is 14.4. The number of esters is 2. The predicted octanol–water partition coefficient (Wildman–Crippen LogP) is 9.83. The molecule has 300 valence electrons. The molecule has 0 aliphatic carbocycles. The van der Waals surface area contributed by atoms with Gasteiger partial charge in [0.25, 0.3) is 0 Å². The van der Waals surface area contributed by atoms with Crippen LogP contribution in [-0.4, -0.2) is 59.9 Å². The Labute approximate surface area is 314 Å². The van der Waals surface area contributed by atoms with Crippen LogP contribution in [0.3, 0.4) is 0 Å². The number of rotatable bonds is 36. The molecule has 12 heteroatoms. The number of phosphoric ester groups is 1. The maximum Gasteiger partial charge on any atom is 0.472 e. The van der Waals surface area contributed by atoms with Crippen molar-refractivity contribution in [2.75, 3.05) is 19.8 Å². The number of nitrogens with two attached hydrogens (primary N) is 1. The van der Waals surface area contributed by atoms with Crippen molar-refractivity contribution in [3.8, 4) is 0 Å². The molecule has 4 N–H and O–H groups in total. The molecule has 0 aromatic heterocycles. The summed E-state index contributed by atoms with van der Waals surface area (Å²) in [7, 11) is -4.72. The zero-order valence-corrected chi connectivity index (χ0v) is 33.0. The number of phosphoric acid groups is 1. The molecule has 0 saturated heterocycles. The Morgan fingerprint density at radius 3 is 1.62 bits per heavy atom. The average molecular weight is 756 g/mol. The van der Waals surface area contributed by atoms with E-state index in [1.807, 2.05) is 0 Å². The summed E-state index contributed by atoms with van der Waals surface area (Å²) in [6, 6.07) is -1.53. The Morgan fingerprint density at radius 1 is 0.615 bits per heavy atom. The third kappa shape index (κ3) is 34.5. The Bertz CT molecular complexity index is 1070. The minimum absolute atomic E-state index is 0.109. The third-order valence-electron chi connectivity index (χ3n) is 8.09. The summed E-state index contributed by atoms with van der Waals surface area (Å²) in [4.78, 5) is 45.8. The molecular weight excluding hydrogens is 685 g/mol. The summed E-state index contributed by atoms with van der Waals surface area (Å²) in [5.74, 6) is -2.44. The molecule has 0 aromatic carbocycles. The van der Waals surface area contributed by atoms with Gasteiger partial charge in [0.1, 0.15) is 12.6 Å². The number of hydrogen-bond donors (Lipinski definition) is 3. The van der Waals surface area contributed by atoms with Crippen molar-refractivity contribution >= 4 is 25.7 Å². The second-order valence-corrected chi connectivity index (χ2v) is 14.5. The minimum Gasteiger partial charge on any atom is -0.480 e. The largest absolute Gasteiger partial charge is 0.480 e. The number of carbonyl (C=O) groups excluding carboxylic acids is 2. The summed E-state index contributed by atoms with van der Waals surface area (Å²) >= 11 is 0. The van der Waals surface area contributed by atoms with Crippen molar-refractivity contribution in [2.45, 2.75) is 167 Å². The first-order valence-electron chi connectivity index (χ1n) is 19.7. The van der Waals surface area contributed by atoms with Gasteiger partial charge in [0.2, 0.25) is 0 Å². The number of aliphatic carboxylic acids is 1.